The predicted octanol–water partition coefficient (Wildman–Crippen LogP) is 4.68. The number of rotatable bonds is 3. The Kier molecular flexibility index (Phi) is 5.07. The van der Waals surface area contributed by atoms with Gasteiger partial charge in [0, 0.05) is 13.8 Å². The van der Waals surface area contributed by atoms with Crippen molar-refractivity contribution >= 4 is 56.1 Å². The number of benzene rings is 2. The Hall–Kier alpha value is -0.780. The molecule has 0 saturated carbocycles. The molecule has 19 heavy (non-hydrogen) atoms. The van der Waals surface area contributed by atoms with E-state index in [4.69, 9.17) is 0 Å². The molecule has 0 aliphatic carbocycles. The van der Waals surface area contributed by atoms with Crippen LogP contribution in [-0.2, 0) is 11.2 Å². The van der Waals surface area contributed by atoms with E-state index in [1.165, 1.54) is 0 Å². The van der Waals surface area contributed by atoms with E-state index >= 15 is 0 Å². The summed E-state index contributed by atoms with van der Waals surface area (Å²) in [4.78, 5) is 12.8. The molecule has 0 fully saturated rings. The lowest BCUT2D eigenvalue weighted by Gasteiger charge is -2.08. The number of anilines is 1. The van der Waals surface area contributed by atoms with Gasteiger partial charge in [0.1, 0.15) is 0 Å². The summed E-state index contributed by atoms with van der Waals surface area (Å²) in [6.45, 7) is 0. The highest BCUT2D eigenvalue weighted by atomic mass is 79.9. The van der Waals surface area contributed by atoms with Crippen LogP contribution < -0.4 is 5.32 Å². The van der Waals surface area contributed by atoms with Crippen LogP contribution in [0.15, 0.2) is 56.3 Å². The molecule has 0 aliphatic rings. The molecule has 1 N–H and O–H groups in total. The second-order valence-electron chi connectivity index (χ2n) is 4.02. The van der Waals surface area contributed by atoms with Crippen molar-refractivity contribution in [3.05, 3.63) is 57.0 Å². The van der Waals surface area contributed by atoms with E-state index in [1.807, 2.05) is 42.5 Å². The molecule has 0 unspecified atom stereocenters. The van der Waals surface area contributed by atoms with Gasteiger partial charge in [0.2, 0.25) is 5.91 Å². The number of thiol groups is 1. The molecule has 2 aromatic carbocycles. The molecule has 1 amide bonds. The van der Waals surface area contributed by atoms with Gasteiger partial charge in [-0.15, -0.1) is 12.6 Å². The van der Waals surface area contributed by atoms with E-state index in [0.717, 1.165) is 25.1 Å². The van der Waals surface area contributed by atoms with Crippen molar-refractivity contribution in [1.29, 1.82) is 0 Å². The van der Waals surface area contributed by atoms with Crippen molar-refractivity contribution in [2.24, 2.45) is 0 Å². The molecule has 0 saturated heterocycles. The van der Waals surface area contributed by atoms with Crippen LogP contribution >= 0.6 is 44.5 Å². The van der Waals surface area contributed by atoms with Crippen LogP contribution in [-0.4, -0.2) is 5.91 Å². The Balaban J connectivity index is 2.03. The molecule has 0 spiro atoms. The zero-order chi connectivity index (χ0) is 13.8. The van der Waals surface area contributed by atoms with Gasteiger partial charge in [-0.3, -0.25) is 4.79 Å². The highest BCUT2D eigenvalue weighted by Gasteiger charge is 2.07. The van der Waals surface area contributed by atoms with Gasteiger partial charge >= 0.3 is 0 Å². The summed E-state index contributed by atoms with van der Waals surface area (Å²) in [7, 11) is 0. The highest BCUT2D eigenvalue weighted by Crippen LogP contribution is 2.26. The van der Waals surface area contributed by atoms with E-state index in [1.54, 1.807) is 0 Å². The lowest BCUT2D eigenvalue weighted by Crippen LogP contribution is -2.14. The van der Waals surface area contributed by atoms with Crippen molar-refractivity contribution in [3.63, 3.8) is 0 Å². The predicted molar refractivity (Wildman–Crippen MR) is 87.9 cm³/mol. The summed E-state index contributed by atoms with van der Waals surface area (Å²) in [6, 6.07) is 13.2. The minimum Gasteiger partial charge on any atom is -0.325 e. The molecule has 0 atom stereocenters. The van der Waals surface area contributed by atoms with Crippen molar-refractivity contribution in [3.8, 4) is 0 Å². The third-order valence-electron chi connectivity index (χ3n) is 2.51. The molecule has 0 aromatic heterocycles. The van der Waals surface area contributed by atoms with Crippen molar-refractivity contribution in [2.75, 3.05) is 5.32 Å². The third-order valence-corrected chi connectivity index (χ3v) is 3.95. The van der Waals surface area contributed by atoms with Gasteiger partial charge in [0.25, 0.3) is 0 Å². The number of halogens is 2. The average molecular weight is 401 g/mol. The van der Waals surface area contributed by atoms with Crippen LogP contribution in [0.2, 0.25) is 0 Å². The third kappa shape index (κ3) is 4.37. The Morgan fingerprint density at radius 2 is 1.79 bits per heavy atom. The van der Waals surface area contributed by atoms with Crippen molar-refractivity contribution < 1.29 is 4.79 Å². The molecule has 2 nitrogen and oxygen atoms in total. The highest BCUT2D eigenvalue weighted by molar-refractivity contribution is 9.11. The van der Waals surface area contributed by atoms with Crippen LogP contribution in [0.3, 0.4) is 0 Å². The van der Waals surface area contributed by atoms with E-state index in [9.17, 15) is 4.79 Å². The largest absolute Gasteiger partial charge is 0.325 e. The molecule has 0 aliphatic heterocycles. The number of nitrogens with one attached hydrogen (secondary N) is 1. The molecule has 0 heterocycles. The summed E-state index contributed by atoms with van der Waals surface area (Å²) in [5.74, 6) is -0.0464. The summed E-state index contributed by atoms with van der Waals surface area (Å²) in [5.41, 5.74) is 1.72. The van der Waals surface area contributed by atoms with Crippen LogP contribution in [0.5, 0.6) is 0 Å². The molecule has 0 radical (unpaired) electrons. The van der Waals surface area contributed by atoms with Crippen LogP contribution in [0, 0.1) is 0 Å². The normalized spacial score (nSPS) is 10.3. The van der Waals surface area contributed by atoms with E-state index in [-0.39, 0.29) is 5.91 Å². The van der Waals surface area contributed by atoms with Gasteiger partial charge in [-0.1, -0.05) is 28.1 Å². The summed E-state index contributed by atoms with van der Waals surface area (Å²) >= 11 is 11.0. The van der Waals surface area contributed by atoms with Gasteiger partial charge in [-0.25, -0.2) is 0 Å². The monoisotopic (exact) mass is 399 g/mol. The zero-order valence-corrected chi connectivity index (χ0v) is 13.9. The fourth-order valence-corrected chi connectivity index (χ4v) is 2.88. The Morgan fingerprint density at radius 1 is 1.11 bits per heavy atom. The first kappa shape index (κ1) is 14.6. The van der Waals surface area contributed by atoms with Crippen molar-refractivity contribution in [2.45, 2.75) is 11.3 Å². The first-order valence-corrected chi connectivity index (χ1v) is 7.61. The Labute approximate surface area is 134 Å². The first-order valence-electron chi connectivity index (χ1n) is 5.57. The molecule has 98 valence electrons. The summed E-state index contributed by atoms with van der Waals surface area (Å²) < 4.78 is 1.81. The van der Waals surface area contributed by atoms with E-state index < -0.39 is 0 Å². The standard InChI is InChI=1S/C14H11Br2NOS/c15-10-3-6-13(12(16)8-10)17-14(18)7-9-1-4-11(19)5-2-9/h1-6,8,19H,7H2,(H,17,18). The lowest BCUT2D eigenvalue weighted by molar-refractivity contribution is -0.115. The average Bonchev–Trinajstić information content (AvgIpc) is 2.36. The maximum Gasteiger partial charge on any atom is 0.228 e. The molecular formula is C14H11Br2NOS. The second kappa shape index (κ2) is 6.59. The summed E-state index contributed by atoms with van der Waals surface area (Å²) in [6.07, 6.45) is 0.344. The number of hydrogen-bond acceptors (Lipinski definition) is 2. The Morgan fingerprint density at radius 3 is 2.42 bits per heavy atom. The smallest absolute Gasteiger partial charge is 0.228 e. The second-order valence-corrected chi connectivity index (χ2v) is 6.30. The first-order chi connectivity index (χ1) is 9.04. The number of carbonyl (C=O) groups excluding carboxylic acids is 1. The molecular weight excluding hydrogens is 390 g/mol. The van der Waals surface area contributed by atoms with Crippen LogP contribution in [0.25, 0.3) is 0 Å². The topological polar surface area (TPSA) is 29.1 Å². The number of amides is 1. The van der Waals surface area contributed by atoms with Crippen molar-refractivity contribution in [1.82, 2.24) is 0 Å². The molecule has 0 bridgehead atoms. The van der Waals surface area contributed by atoms with E-state index in [0.29, 0.717) is 6.42 Å². The van der Waals surface area contributed by atoms with Gasteiger partial charge in [0.05, 0.1) is 12.1 Å². The fourth-order valence-electron chi connectivity index (χ4n) is 1.58. The lowest BCUT2D eigenvalue weighted by atomic mass is 10.1. The van der Waals surface area contributed by atoms with Gasteiger partial charge in [-0.05, 0) is 51.8 Å². The molecule has 2 aromatic rings. The quantitative estimate of drug-likeness (QED) is 0.719. The minimum absolute atomic E-state index is 0.0464. The Bertz CT molecular complexity index is 599. The SMILES string of the molecule is O=C(Cc1ccc(S)cc1)Nc1ccc(Br)cc1Br. The fraction of sp³-hybridized carbons (Fsp3) is 0.0714. The minimum atomic E-state index is -0.0464. The molecule has 2 rings (SSSR count). The number of hydrogen-bond donors (Lipinski definition) is 2. The molecule has 5 heteroatoms. The van der Waals surface area contributed by atoms with E-state index in [2.05, 4.69) is 49.8 Å². The maximum absolute atomic E-state index is 11.9. The maximum atomic E-state index is 11.9. The number of carbonyl (C=O) groups is 1. The van der Waals surface area contributed by atoms with Crippen LogP contribution in [0.4, 0.5) is 5.69 Å². The van der Waals surface area contributed by atoms with Gasteiger partial charge < -0.3 is 5.32 Å². The van der Waals surface area contributed by atoms with Gasteiger partial charge in [-0.2, -0.15) is 0 Å². The van der Waals surface area contributed by atoms with Crippen LogP contribution in [0.1, 0.15) is 5.56 Å². The zero-order valence-electron chi connectivity index (χ0n) is 9.86. The summed E-state index contributed by atoms with van der Waals surface area (Å²) in [5, 5.41) is 2.87. The van der Waals surface area contributed by atoms with Gasteiger partial charge in [0.15, 0.2) is 0 Å².